The first-order valence-corrected chi connectivity index (χ1v) is 28.6. The SMILES string of the molecule is CCCCCCCCCCCCC(CCCCCCCCCC)Cc1c(Br)c(=O)c2c(CC(CCCCCCCCCC)CCCCCCCCCCCC)c(Br)c(=O)c1=2. The van der Waals surface area contributed by atoms with Gasteiger partial charge in [-0.25, -0.2) is 0 Å². The number of halogens is 2. The first-order chi connectivity index (χ1) is 29.4. The van der Waals surface area contributed by atoms with Crippen LogP contribution in [-0.2, 0) is 12.8 Å². The van der Waals surface area contributed by atoms with Gasteiger partial charge in [0, 0.05) is 10.4 Å². The van der Waals surface area contributed by atoms with Crippen LogP contribution in [0.4, 0.5) is 0 Å². The van der Waals surface area contributed by atoms with Gasteiger partial charge in [-0.15, -0.1) is 0 Å². The fourth-order valence-corrected chi connectivity index (χ4v) is 11.3. The van der Waals surface area contributed by atoms with Gasteiger partial charge in [-0.3, -0.25) is 9.59 Å². The molecule has 0 saturated carbocycles. The Balaban J connectivity index is 2.15. The van der Waals surface area contributed by atoms with E-state index in [4.69, 9.17) is 0 Å². The molecule has 0 bridgehead atoms. The molecule has 0 heterocycles. The highest BCUT2D eigenvalue weighted by Gasteiger charge is 2.26. The van der Waals surface area contributed by atoms with Crippen molar-refractivity contribution >= 4 is 31.9 Å². The highest BCUT2D eigenvalue weighted by Crippen LogP contribution is 2.32. The van der Waals surface area contributed by atoms with Crippen LogP contribution in [0.25, 0.3) is 0 Å². The minimum absolute atomic E-state index is 0.0762. The molecule has 0 aromatic heterocycles. The molecule has 2 rings (SSSR count). The molecular formula is C56H98Br2O2. The zero-order valence-electron chi connectivity index (χ0n) is 40.4. The molecule has 0 saturated heterocycles. The molecule has 2 atom stereocenters. The topological polar surface area (TPSA) is 34.1 Å². The van der Waals surface area contributed by atoms with Gasteiger partial charge < -0.3 is 0 Å². The van der Waals surface area contributed by atoms with Crippen molar-refractivity contribution in [2.45, 2.75) is 297 Å². The average Bonchev–Trinajstić information content (AvgIpc) is 3.63. The van der Waals surface area contributed by atoms with Crippen molar-refractivity contribution in [1.29, 1.82) is 0 Å². The van der Waals surface area contributed by atoms with E-state index < -0.39 is 0 Å². The first-order valence-electron chi connectivity index (χ1n) is 27.0. The summed E-state index contributed by atoms with van der Waals surface area (Å²) >= 11 is 7.64. The van der Waals surface area contributed by atoms with E-state index in [0.29, 0.717) is 20.8 Å². The maximum atomic E-state index is 14.2. The second kappa shape index (κ2) is 37.9. The van der Waals surface area contributed by atoms with Crippen molar-refractivity contribution in [3.63, 3.8) is 0 Å². The van der Waals surface area contributed by atoms with Crippen LogP contribution in [-0.4, -0.2) is 0 Å². The van der Waals surface area contributed by atoms with Crippen LogP contribution in [0.1, 0.15) is 296 Å². The number of hydrogen-bond donors (Lipinski definition) is 0. The van der Waals surface area contributed by atoms with Crippen molar-refractivity contribution in [3.8, 4) is 0 Å². The third-order valence-corrected chi connectivity index (χ3v) is 15.8. The Kier molecular flexibility index (Phi) is 35.1. The lowest BCUT2D eigenvalue weighted by molar-refractivity contribution is 0.399. The zero-order chi connectivity index (χ0) is 43.5. The summed E-state index contributed by atoms with van der Waals surface area (Å²) in [5, 5.41) is 1.50. The summed E-state index contributed by atoms with van der Waals surface area (Å²) < 4.78 is 1.38. The molecule has 60 heavy (non-hydrogen) atoms. The summed E-state index contributed by atoms with van der Waals surface area (Å²) in [7, 11) is 0. The van der Waals surface area contributed by atoms with Gasteiger partial charge in [-0.1, -0.05) is 285 Å². The molecule has 4 heteroatoms. The average molecular weight is 963 g/mol. The molecule has 2 unspecified atom stereocenters. The molecule has 348 valence electrons. The largest absolute Gasteiger partial charge is 0.288 e. The van der Waals surface area contributed by atoms with Gasteiger partial charge in [0.05, 0.1) is 8.95 Å². The third kappa shape index (κ3) is 24.0. The number of rotatable bonds is 44. The fraction of sp³-hybridized carbons (Fsp3) is 0.857. The Bertz CT molecular complexity index is 1320. The third-order valence-electron chi connectivity index (χ3n) is 14.1. The van der Waals surface area contributed by atoms with E-state index in [1.54, 1.807) is 0 Å². The smallest absolute Gasteiger partial charge is 0.201 e. The highest BCUT2D eigenvalue weighted by molar-refractivity contribution is 9.10. The molecule has 0 aliphatic heterocycles. The first kappa shape index (κ1) is 55.7. The number of unbranched alkanes of at least 4 members (excludes halogenated alkanes) is 32. The summed E-state index contributed by atoms with van der Waals surface area (Å²) in [6, 6.07) is 0. The summed E-state index contributed by atoms with van der Waals surface area (Å²) in [4.78, 5) is 28.4. The van der Waals surface area contributed by atoms with Crippen LogP contribution >= 0.6 is 31.9 Å². The molecule has 2 nitrogen and oxygen atoms in total. The van der Waals surface area contributed by atoms with Crippen LogP contribution < -0.4 is 10.9 Å². The monoisotopic (exact) mass is 961 g/mol. The summed E-state index contributed by atoms with van der Waals surface area (Å²) in [6.07, 6.45) is 55.1. The maximum absolute atomic E-state index is 14.2. The Morgan fingerprint density at radius 1 is 0.300 bits per heavy atom. The highest BCUT2D eigenvalue weighted by atomic mass is 79.9. The van der Waals surface area contributed by atoms with Gasteiger partial charge in [0.1, 0.15) is 0 Å². The predicted octanol–water partition coefficient (Wildman–Crippen LogP) is 19.5. The van der Waals surface area contributed by atoms with Crippen LogP contribution in [0.5, 0.6) is 0 Å². The summed E-state index contributed by atoms with van der Waals surface area (Å²) in [5.41, 5.74) is 2.20. The van der Waals surface area contributed by atoms with E-state index in [-0.39, 0.29) is 10.9 Å². The van der Waals surface area contributed by atoms with E-state index in [9.17, 15) is 9.59 Å². The lowest BCUT2D eigenvalue weighted by Gasteiger charge is -2.17. The fourth-order valence-electron chi connectivity index (χ4n) is 10.1. The van der Waals surface area contributed by atoms with Crippen LogP contribution in [0.2, 0.25) is 0 Å². The molecule has 0 N–H and O–H groups in total. The van der Waals surface area contributed by atoms with Gasteiger partial charge in [-0.05, 0) is 67.7 Å². The van der Waals surface area contributed by atoms with Gasteiger partial charge in [0.2, 0.25) is 10.9 Å². The minimum Gasteiger partial charge on any atom is -0.288 e. The van der Waals surface area contributed by atoms with Gasteiger partial charge >= 0.3 is 0 Å². The Labute approximate surface area is 389 Å². The molecule has 2 aliphatic rings. The van der Waals surface area contributed by atoms with Crippen molar-refractivity contribution in [2.75, 3.05) is 0 Å². The van der Waals surface area contributed by atoms with E-state index in [1.807, 2.05) is 0 Å². The van der Waals surface area contributed by atoms with Crippen LogP contribution in [0.3, 0.4) is 0 Å². The zero-order valence-corrected chi connectivity index (χ0v) is 43.6. The molecule has 0 aromatic rings. The van der Waals surface area contributed by atoms with Crippen molar-refractivity contribution in [2.24, 2.45) is 11.8 Å². The molecular weight excluding hydrogens is 864 g/mol. The molecule has 0 radical (unpaired) electrons. The Morgan fingerprint density at radius 2 is 0.483 bits per heavy atom. The second-order valence-corrected chi connectivity index (χ2v) is 21.2. The predicted molar refractivity (Wildman–Crippen MR) is 274 cm³/mol. The van der Waals surface area contributed by atoms with E-state index in [0.717, 1.165) is 34.4 Å². The molecule has 0 amide bonds. The van der Waals surface area contributed by atoms with E-state index >= 15 is 0 Å². The quantitative estimate of drug-likeness (QED) is 0.0620. The van der Waals surface area contributed by atoms with Gasteiger partial charge in [0.15, 0.2) is 0 Å². The van der Waals surface area contributed by atoms with Crippen molar-refractivity contribution in [3.05, 3.63) is 51.0 Å². The van der Waals surface area contributed by atoms with Crippen molar-refractivity contribution < 1.29 is 0 Å². The maximum Gasteiger partial charge on any atom is 0.201 e. The molecule has 0 fully saturated rings. The van der Waals surface area contributed by atoms with E-state index in [1.165, 1.54) is 257 Å². The summed E-state index contributed by atoms with van der Waals surface area (Å²) in [6.45, 7) is 9.18. The number of hydrogen-bond acceptors (Lipinski definition) is 2. The lowest BCUT2D eigenvalue weighted by Crippen LogP contribution is -2.11. The molecule has 0 spiro atoms. The Morgan fingerprint density at radius 3 is 0.683 bits per heavy atom. The standard InChI is InChI=1S/C56H98Br2O2/c1-5-9-13-17-21-25-27-31-35-39-43-47(41-37-33-29-23-19-15-11-7-3)45-49-51-52(56(60)53(49)57)50(54(58)55(51)59)46-48(42-38-34-30-24-20-16-12-8-4)44-40-36-32-28-26-22-18-14-10-6-2/h47-48H,5-46H2,1-4H3. The van der Waals surface area contributed by atoms with E-state index in [2.05, 4.69) is 59.6 Å². The van der Waals surface area contributed by atoms with Gasteiger partial charge in [-0.2, -0.15) is 0 Å². The molecule has 2 aliphatic carbocycles. The van der Waals surface area contributed by atoms with Crippen LogP contribution in [0.15, 0.2) is 18.5 Å². The lowest BCUT2D eigenvalue weighted by atomic mass is 9.88. The summed E-state index contributed by atoms with van der Waals surface area (Å²) in [5.74, 6) is 1.06. The normalized spacial score (nSPS) is 13.0. The minimum atomic E-state index is 0.0762. The van der Waals surface area contributed by atoms with Crippen molar-refractivity contribution in [1.82, 2.24) is 0 Å². The molecule has 0 aromatic carbocycles. The van der Waals surface area contributed by atoms with Crippen LogP contribution in [0, 0.1) is 22.3 Å². The Hall–Kier alpha value is -0.480. The van der Waals surface area contributed by atoms with Gasteiger partial charge in [0.25, 0.3) is 0 Å². The second-order valence-electron chi connectivity index (χ2n) is 19.6.